The molecule has 0 aliphatic carbocycles. The zero-order chi connectivity index (χ0) is 16.2. The van der Waals surface area contributed by atoms with Crippen LogP contribution in [0.5, 0.6) is 0 Å². The molecule has 6 heteroatoms. The van der Waals surface area contributed by atoms with Crippen molar-refractivity contribution >= 4 is 16.7 Å². The Balaban J connectivity index is 1.38. The maximum absolute atomic E-state index is 4.48. The van der Waals surface area contributed by atoms with E-state index in [-0.39, 0.29) is 0 Å². The van der Waals surface area contributed by atoms with Crippen molar-refractivity contribution in [3.63, 3.8) is 0 Å². The molecule has 0 bridgehead atoms. The van der Waals surface area contributed by atoms with Crippen molar-refractivity contribution in [1.82, 2.24) is 25.1 Å². The van der Waals surface area contributed by atoms with Crippen molar-refractivity contribution in [2.45, 2.75) is 25.8 Å². The number of nitrogens with zero attached hydrogens (tertiary/aromatic N) is 4. The van der Waals surface area contributed by atoms with Gasteiger partial charge in [-0.3, -0.25) is 4.68 Å². The Hall–Kier alpha value is -2.47. The van der Waals surface area contributed by atoms with Gasteiger partial charge >= 0.3 is 0 Å². The fraction of sp³-hybridized carbons (Fsp3) is 0.389. The number of nitrogens with one attached hydrogen (secondary N) is 2. The van der Waals surface area contributed by atoms with Gasteiger partial charge in [-0.05, 0) is 25.5 Å². The molecule has 0 atom stereocenters. The van der Waals surface area contributed by atoms with Crippen LogP contribution in [0.25, 0.3) is 10.9 Å². The molecule has 4 rings (SSSR count). The van der Waals surface area contributed by atoms with E-state index in [0.717, 1.165) is 51.3 Å². The van der Waals surface area contributed by atoms with Gasteiger partial charge in [0.05, 0.1) is 17.4 Å². The fourth-order valence-electron chi connectivity index (χ4n) is 3.26. The Labute approximate surface area is 141 Å². The zero-order valence-electron chi connectivity index (χ0n) is 13.7. The maximum Gasteiger partial charge on any atom is 0.132 e. The van der Waals surface area contributed by atoms with E-state index in [2.05, 4.69) is 48.6 Å². The highest BCUT2D eigenvalue weighted by Gasteiger charge is 2.13. The zero-order valence-corrected chi connectivity index (χ0v) is 13.7. The maximum atomic E-state index is 4.48. The van der Waals surface area contributed by atoms with Crippen LogP contribution in [-0.2, 0) is 19.4 Å². The first-order chi connectivity index (χ1) is 11.9. The summed E-state index contributed by atoms with van der Waals surface area (Å²) in [6.07, 6.45) is 6.57. The predicted octanol–water partition coefficient (Wildman–Crippen LogP) is 2.02. The molecule has 6 nitrogen and oxygen atoms in total. The van der Waals surface area contributed by atoms with Crippen LogP contribution in [0.2, 0.25) is 0 Å². The Bertz CT molecular complexity index is 825. The summed E-state index contributed by atoms with van der Waals surface area (Å²) in [4.78, 5) is 8.88. The van der Waals surface area contributed by atoms with Gasteiger partial charge in [-0.25, -0.2) is 9.97 Å². The summed E-state index contributed by atoms with van der Waals surface area (Å²) in [6.45, 7) is 3.77. The number of fused-ring (bicyclic) bond motifs is 2. The Morgan fingerprint density at radius 1 is 1.12 bits per heavy atom. The first-order valence-corrected chi connectivity index (χ1v) is 8.60. The Morgan fingerprint density at radius 2 is 2.04 bits per heavy atom. The standard InChI is InChI=1S/C18H22N6/c1-2-5-17-14(4-1)12-23-24(17)11-3-8-20-18-15-6-9-19-10-7-16(15)21-13-22-18/h1-2,4-5,12-13,19H,3,6-11H2,(H,20,21,22). The van der Waals surface area contributed by atoms with E-state index >= 15 is 0 Å². The summed E-state index contributed by atoms with van der Waals surface area (Å²) in [6, 6.07) is 8.32. The summed E-state index contributed by atoms with van der Waals surface area (Å²) < 4.78 is 2.07. The first kappa shape index (κ1) is 15.1. The first-order valence-electron chi connectivity index (χ1n) is 8.60. The normalized spacial score (nSPS) is 14.3. The summed E-state index contributed by atoms with van der Waals surface area (Å²) >= 11 is 0. The van der Waals surface area contributed by atoms with Crippen LogP contribution >= 0.6 is 0 Å². The number of hydrogen-bond donors (Lipinski definition) is 2. The molecule has 124 valence electrons. The van der Waals surface area contributed by atoms with E-state index in [1.165, 1.54) is 22.2 Å². The van der Waals surface area contributed by atoms with Crippen molar-refractivity contribution < 1.29 is 0 Å². The van der Waals surface area contributed by atoms with Crippen LogP contribution in [0.1, 0.15) is 17.7 Å². The van der Waals surface area contributed by atoms with E-state index in [0.29, 0.717) is 0 Å². The van der Waals surface area contributed by atoms with Gasteiger partial charge in [-0.2, -0.15) is 5.10 Å². The van der Waals surface area contributed by atoms with Gasteiger partial charge in [0.1, 0.15) is 12.1 Å². The largest absolute Gasteiger partial charge is 0.370 e. The van der Waals surface area contributed by atoms with Crippen molar-refractivity contribution in [2.24, 2.45) is 0 Å². The van der Waals surface area contributed by atoms with Crippen molar-refractivity contribution in [2.75, 3.05) is 25.0 Å². The van der Waals surface area contributed by atoms with E-state index in [9.17, 15) is 0 Å². The number of anilines is 1. The number of aryl methyl sites for hydroxylation is 1. The molecule has 0 amide bonds. The summed E-state index contributed by atoms with van der Waals surface area (Å²) in [5.74, 6) is 0.994. The summed E-state index contributed by atoms with van der Waals surface area (Å²) in [5.41, 5.74) is 3.64. The number of para-hydroxylation sites is 1. The lowest BCUT2D eigenvalue weighted by molar-refractivity contribution is 0.609. The van der Waals surface area contributed by atoms with E-state index < -0.39 is 0 Å². The van der Waals surface area contributed by atoms with Crippen LogP contribution in [0.3, 0.4) is 0 Å². The molecule has 24 heavy (non-hydrogen) atoms. The lowest BCUT2D eigenvalue weighted by Crippen LogP contribution is -2.16. The molecule has 0 saturated heterocycles. The second-order valence-electron chi connectivity index (χ2n) is 6.10. The molecular formula is C18H22N6. The van der Waals surface area contributed by atoms with Gasteiger partial charge in [0.25, 0.3) is 0 Å². The highest BCUT2D eigenvalue weighted by molar-refractivity contribution is 5.78. The molecule has 0 spiro atoms. The van der Waals surface area contributed by atoms with Gasteiger partial charge in [0, 0.05) is 37.0 Å². The van der Waals surface area contributed by atoms with Crippen LogP contribution in [0, 0.1) is 0 Å². The predicted molar refractivity (Wildman–Crippen MR) is 95.1 cm³/mol. The number of rotatable bonds is 5. The molecule has 1 aliphatic rings. The minimum atomic E-state index is 0.880. The SMILES string of the molecule is c1ccc2c(c1)cnn2CCCNc1ncnc2c1CCNCC2. The van der Waals surface area contributed by atoms with Crippen molar-refractivity contribution in [3.05, 3.63) is 48.0 Å². The number of hydrogen-bond acceptors (Lipinski definition) is 5. The van der Waals surface area contributed by atoms with E-state index in [1.54, 1.807) is 6.33 Å². The van der Waals surface area contributed by atoms with Crippen LogP contribution in [0.4, 0.5) is 5.82 Å². The highest BCUT2D eigenvalue weighted by atomic mass is 15.3. The molecule has 0 fully saturated rings. The molecule has 2 N–H and O–H groups in total. The second kappa shape index (κ2) is 6.97. The van der Waals surface area contributed by atoms with Gasteiger partial charge in [0.15, 0.2) is 0 Å². The average molecular weight is 322 g/mol. The average Bonchev–Trinajstić information content (AvgIpc) is 2.86. The molecule has 2 aromatic heterocycles. The van der Waals surface area contributed by atoms with Gasteiger partial charge < -0.3 is 10.6 Å². The molecule has 3 aromatic rings. The van der Waals surface area contributed by atoms with Crippen molar-refractivity contribution in [3.8, 4) is 0 Å². The number of benzene rings is 1. The van der Waals surface area contributed by atoms with Gasteiger partial charge in [0.2, 0.25) is 0 Å². The summed E-state index contributed by atoms with van der Waals surface area (Å²) in [5, 5.41) is 12.6. The second-order valence-corrected chi connectivity index (χ2v) is 6.10. The topological polar surface area (TPSA) is 67.7 Å². The monoisotopic (exact) mass is 322 g/mol. The molecule has 1 aromatic carbocycles. The smallest absolute Gasteiger partial charge is 0.132 e. The third-order valence-electron chi connectivity index (χ3n) is 4.52. The van der Waals surface area contributed by atoms with E-state index in [4.69, 9.17) is 0 Å². The molecule has 0 radical (unpaired) electrons. The molecule has 0 unspecified atom stereocenters. The lowest BCUT2D eigenvalue weighted by atomic mass is 10.1. The quantitative estimate of drug-likeness (QED) is 0.704. The molecule has 3 heterocycles. The molecule has 1 aliphatic heterocycles. The minimum absolute atomic E-state index is 0.880. The lowest BCUT2D eigenvalue weighted by Gasteiger charge is -2.12. The molecule has 0 saturated carbocycles. The van der Waals surface area contributed by atoms with Gasteiger partial charge in [-0.15, -0.1) is 0 Å². The molecular weight excluding hydrogens is 300 g/mol. The van der Waals surface area contributed by atoms with Crippen LogP contribution in [-0.4, -0.2) is 39.4 Å². The fourth-order valence-corrected chi connectivity index (χ4v) is 3.26. The highest BCUT2D eigenvalue weighted by Crippen LogP contribution is 2.18. The van der Waals surface area contributed by atoms with Gasteiger partial charge in [-0.1, -0.05) is 18.2 Å². The minimum Gasteiger partial charge on any atom is -0.370 e. The van der Waals surface area contributed by atoms with Crippen LogP contribution < -0.4 is 10.6 Å². The Kier molecular flexibility index (Phi) is 4.38. The number of aromatic nitrogens is 4. The van der Waals surface area contributed by atoms with Crippen molar-refractivity contribution in [1.29, 1.82) is 0 Å². The van der Waals surface area contributed by atoms with E-state index in [1.807, 2.05) is 12.3 Å². The van der Waals surface area contributed by atoms with Crippen LogP contribution in [0.15, 0.2) is 36.8 Å². The third kappa shape index (κ3) is 3.10. The summed E-state index contributed by atoms with van der Waals surface area (Å²) in [7, 11) is 0. The third-order valence-corrected chi connectivity index (χ3v) is 4.52. The Morgan fingerprint density at radius 3 is 3.04 bits per heavy atom.